The van der Waals surface area contributed by atoms with Gasteiger partial charge in [-0.2, -0.15) is 5.10 Å². The molecule has 0 radical (unpaired) electrons. The molecular weight excluding hydrogens is 427 g/mol. The number of H-pyrrole nitrogens is 2. The third kappa shape index (κ3) is 2.35. The molecule has 9 heteroatoms. The van der Waals surface area contributed by atoms with Crippen LogP contribution >= 0.6 is 0 Å². The number of benzene rings is 2. The first-order valence-electron chi connectivity index (χ1n) is 10.2. The third-order valence-electron chi connectivity index (χ3n) is 6.13. The van der Waals surface area contributed by atoms with Gasteiger partial charge in [-0.05, 0) is 29.8 Å². The summed E-state index contributed by atoms with van der Waals surface area (Å²) < 4.78 is 27.8. The highest BCUT2D eigenvalue weighted by Crippen LogP contribution is 2.38. The maximum atomic E-state index is 15.0. The highest BCUT2D eigenvalue weighted by Gasteiger charge is 2.24. The van der Waals surface area contributed by atoms with Crippen LogP contribution in [0.15, 0.2) is 73.5 Å². The number of fused-ring (bicyclic) bond motifs is 8. The molecule has 2 N–H and O–H groups in total. The van der Waals surface area contributed by atoms with Gasteiger partial charge in [0.2, 0.25) is 0 Å². The summed E-state index contributed by atoms with van der Waals surface area (Å²) in [5.74, 6) is -0.484. The normalized spacial score (nSPS) is 12.2. The summed E-state index contributed by atoms with van der Waals surface area (Å²) in [6.07, 6.45) is 4.52. The Kier molecular flexibility index (Phi) is 3.37. The van der Waals surface area contributed by atoms with E-state index in [0.717, 1.165) is 16.5 Å². The Labute approximate surface area is 181 Å². The van der Waals surface area contributed by atoms with Crippen LogP contribution in [0, 0.1) is 5.82 Å². The number of hydrogen-bond acceptors (Lipinski definition) is 5. The minimum atomic E-state index is -0.623. The molecule has 0 amide bonds. The molecule has 7 rings (SSSR count). The van der Waals surface area contributed by atoms with Gasteiger partial charge in [-0.3, -0.25) is 9.89 Å². The fraction of sp³-hybridized carbons (Fsp3) is 0.0417. The number of hydrogen-bond donors (Lipinski definition) is 2. The van der Waals surface area contributed by atoms with Gasteiger partial charge in [-0.15, -0.1) is 0 Å². The van der Waals surface area contributed by atoms with Gasteiger partial charge < -0.3 is 18.4 Å². The van der Waals surface area contributed by atoms with Crippen LogP contribution in [0.5, 0.6) is 0 Å². The number of aromatic amines is 2. The lowest BCUT2D eigenvalue weighted by Gasteiger charge is -2.08. The molecule has 2 aromatic carbocycles. The van der Waals surface area contributed by atoms with Gasteiger partial charge in [0.15, 0.2) is 0 Å². The molecule has 0 unspecified atom stereocenters. The first-order valence-corrected chi connectivity index (χ1v) is 10.2. The van der Waals surface area contributed by atoms with Crippen LogP contribution in [0.3, 0.4) is 0 Å². The van der Waals surface area contributed by atoms with Crippen molar-refractivity contribution in [3.63, 3.8) is 0 Å². The van der Waals surface area contributed by atoms with Crippen LogP contribution < -0.4 is 11.2 Å². The second kappa shape index (κ2) is 6.19. The van der Waals surface area contributed by atoms with Gasteiger partial charge in [0.1, 0.15) is 22.5 Å². The number of halogens is 1. The van der Waals surface area contributed by atoms with Crippen molar-refractivity contribution in [3.05, 3.63) is 87.2 Å². The lowest BCUT2D eigenvalue weighted by Crippen LogP contribution is -2.12. The second-order valence-corrected chi connectivity index (χ2v) is 7.95. The molecular formula is C24H13FN4O4. The van der Waals surface area contributed by atoms with Crippen LogP contribution in [0.1, 0.15) is 5.56 Å². The van der Waals surface area contributed by atoms with Crippen molar-refractivity contribution in [2.45, 2.75) is 6.54 Å². The minimum Gasteiger partial charge on any atom is -0.463 e. The molecule has 8 nitrogen and oxygen atoms in total. The van der Waals surface area contributed by atoms with Crippen LogP contribution in [0.2, 0.25) is 0 Å². The Morgan fingerprint density at radius 1 is 1.06 bits per heavy atom. The Balaban J connectivity index is 1.69. The van der Waals surface area contributed by atoms with Gasteiger partial charge in [-0.1, -0.05) is 12.1 Å². The van der Waals surface area contributed by atoms with E-state index in [1.54, 1.807) is 10.8 Å². The molecule has 0 aliphatic heterocycles. The fourth-order valence-corrected chi connectivity index (χ4v) is 4.72. The number of nitrogens with one attached hydrogen (secondary N) is 2. The average Bonchev–Trinajstić information content (AvgIpc) is 3.52. The first-order chi connectivity index (χ1) is 16.1. The Morgan fingerprint density at radius 3 is 2.88 bits per heavy atom. The summed E-state index contributed by atoms with van der Waals surface area (Å²) in [6.45, 7) is 0.238. The zero-order valence-electron chi connectivity index (χ0n) is 16.8. The van der Waals surface area contributed by atoms with Gasteiger partial charge >= 0.3 is 5.63 Å². The number of rotatable bonds is 2. The third-order valence-corrected chi connectivity index (χ3v) is 6.13. The zero-order valence-corrected chi connectivity index (χ0v) is 16.8. The lowest BCUT2D eigenvalue weighted by atomic mass is 10.1. The van der Waals surface area contributed by atoms with Crippen molar-refractivity contribution >= 4 is 54.6 Å². The predicted octanol–water partition coefficient (Wildman–Crippen LogP) is 4.40. The van der Waals surface area contributed by atoms with Crippen LogP contribution in [0.4, 0.5) is 4.39 Å². The molecule has 0 saturated heterocycles. The predicted molar refractivity (Wildman–Crippen MR) is 121 cm³/mol. The van der Waals surface area contributed by atoms with E-state index >= 15 is 4.39 Å². The van der Waals surface area contributed by atoms with E-state index in [1.807, 2.05) is 18.2 Å². The van der Waals surface area contributed by atoms with Crippen LogP contribution in [-0.2, 0) is 6.54 Å². The molecule has 0 aliphatic rings. The SMILES string of the molecule is O=c1[nH]ccc2oc(=O)c3c(c12)c1c2occc2c(F)cc1n3Cc1ccc2cn[nH]c2c1. The summed E-state index contributed by atoms with van der Waals surface area (Å²) in [7, 11) is 0. The van der Waals surface area contributed by atoms with E-state index in [0.29, 0.717) is 16.3 Å². The van der Waals surface area contributed by atoms with E-state index < -0.39 is 17.0 Å². The smallest absolute Gasteiger partial charge is 0.361 e. The molecule has 0 fully saturated rings. The molecule has 0 bridgehead atoms. The van der Waals surface area contributed by atoms with E-state index in [4.69, 9.17) is 8.83 Å². The maximum absolute atomic E-state index is 15.0. The highest BCUT2D eigenvalue weighted by molar-refractivity contribution is 6.25. The number of aromatic nitrogens is 4. The molecule has 0 spiro atoms. The van der Waals surface area contributed by atoms with Crippen molar-refractivity contribution in [2.24, 2.45) is 0 Å². The van der Waals surface area contributed by atoms with Crippen LogP contribution in [-0.4, -0.2) is 19.7 Å². The standard InChI is InChI=1S/C24H13FN4O4/c25-14-8-16-18(22-13(14)4-6-32-22)20-19-17(3-5-26-23(19)30)33-24(31)21(20)29(16)10-11-1-2-12-9-27-28-15(12)7-11/h1-9H,10H2,(H,26,30)(H,27,28). The summed E-state index contributed by atoms with van der Waals surface area (Å²) in [4.78, 5) is 28.6. The molecule has 160 valence electrons. The summed E-state index contributed by atoms with van der Waals surface area (Å²) in [5, 5.41) is 9.26. The van der Waals surface area contributed by atoms with E-state index in [1.165, 1.54) is 30.7 Å². The Morgan fingerprint density at radius 2 is 1.97 bits per heavy atom. The molecule has 33 heavy (non-hydrogen) atoms. The average molecular weight is 440 g/mol. The van der Waals surface area contributed by atoms with Crippen molar-refractivity contribution in [1.82, 2.24) is 19.7 Å². The van der Waals surface area contributed by atoms with Crippen molar-refractivity contribution in [1.29, 1.82) is 0 Å². The largest absolute Gasteiger partial charge is 0.463 e. The number of pyridine rings is 1. The zero-order chi connectivity index (χ0) is 22.3. The molecule has 0 atom stereocenters. The Bertz CT molecular complexity index is 2020. The van der Waals surface area contributed by atoms with E-state index in [-0.39, 0.29) is 34.0 Å². The molecule has 5 aromatic heterocycles. The molecule has 7 aromatic rings. The summed E-state index contributed by atoms with van der Waals surface area (Å²) in [5.41, 5.74) is 1.67. The molecule has 0 aliphatic carbocycles. The topological polar surface area (TPSA) is 110 Å². The van der Waals surface area contributed by atoms with E-state index in [2.05, 4.69) is 15.2 Å². The van der Waals surface area contributed by atoms with Gasteiger partial charge in [0.25, 0.3) is 5.56 Å². The summed E-state index contributed by atoms with van der Waals surface area (Å²) >= 11 is 0. The highest BCUT2D eigenvalue weighted by atomic mass is 19.1. The fourth-order valence-electron chi connectivity index (χ4n) is 4.72. The van der Waals surface area contributed by atoms with Crippen molar-refractivity contribution in [2.75, 3.05) is 0 Å². The van der Waals surface area contributed by atoms with Gasteiger partial charge in [-0.25, -0.2) is 9.18 Å². The van der Waals surface area contributed by atoms with Crippen LogP contribution in [0.25, 0.3) is 54.6 Å². The summed E-state index contributed by atoms with van der Waals surface area (Å²) in [6, 6.07) is 10.2. The second-order valence-electron chi connectivity index (χ2n) is 7.95. The number of furan rings is 1. The quantitative estimate of drug-likeness (QED) is 0.414. The van der Waals surface area contributed by atoms with Gasteiger partial charge in [0, 0.05) is 23.5 Å². The monoisotopic (exact) mass is 440 g/mol. The number of nitrogens with zero attached hydrogens (tertiary/aromatic N) is 2. The van der Waals surface area contributed by atoms with Crippen molar-refractivity contribution < 1.29 is 13.2 Å². The minimum absolute atomic E-state index is 0.151. The van der Waals surface area contributed by atoms with Crippen molar-refractivity contribution in [3.8, 4) is 0 Å². The molecule has 0 saturated carbocycles. The maximum Gasteiger partial charge on any atom is 0.361 e. The van der Waals surface area contributed by atoms with E-state index in [9.17, 15) is 9.59 Å². The Hall–Kier alpha value is -4.66. The lowest BCUT2D eigenvalue weighted by molar-refractivity contribution is 0.564. The molecule has 5 heterocycles. The van der Waals surface area contributed by atoms with Gasteiger partial charge in [0.05, 0.1) is 39.7 Å². The first kappa shape index (κ1) is 18.0.